The van der Waals surface area contributed by atoms with Crippen LogP contribution in [0.1, 0.15) is 25.5 Å². The van der Waals surface area contributed by atoms with Crippen LogP contribution in [0.4, 0.5) is 4.39 Å². The summed E-state index contributed by atoms with van der Waals surface area (Å²) in [6.45, 7) is 7.19. The topological polar surface area (TPSA) is 38.5 Å². The van der Waals surface area contributed by atoms with Gasteiger partial charge in [-0.3, -0.25) is 4.90 Å². The molecule has 1 atom stereocenters. The fourth-order valence-corrected chi connectivity index (χ4v) is 2.85. The average molecular weight is 331 g/mol. The molecule has 1 aliphatic rings. The molecule has 2 N–H and O–H groups in total. The van der Waals surface area contributed by atoms with E-state index in [9.17, 15) is 4.39 Å². The van der Waals surface area contributed by atoms with Crippen LogP contribution in [0.5, 0.6) is 0 Å². The van der Waals surface area contributed by atoms with Gasteiger partial charge >= 0.3 is 0 Å². The maximum Gasteiger partial charge on any atom is 0.128 e. The molecule has 5 heteroatoms. The lowest BCUT2D eigenvalue weighted by atomic mass is 9.87. The second-order valence-electron chi connectivity index (χ2n) is 5.40. The summed E-state index contributed by atoms with van der Waals surface area (Å²) in [5, 5.41) is 0. The standard InChI is InChI=1S/C14H20BrFN2O/c1-14(2,18-5-7-19-8-6-18)13(17)11-9-10(15)3-4-12(11)16/h3-4,9,13H,5-8,17H2,1-2H3. The van der Waals surface area contributed by atoms with Crippen molar-refractivity contribution in [1.82, 2.24) is 4.90 Å². The molecule has 0 radical (unpaired) electrons. The van der Waals surface area contributed by atoms with Gasteiger partial charge < -0.3 is 10.5 Å². The van der Waals surface area contributed by atoms with Gasteiger partial charge in [-0.1, -0.05) is 15.9 Å². The fraction of sp³-hybridized carbons (Fsp3) is 0.571. The number of nitrogens with two attached hydrogens (primary N) is 1. The predicted octanol–water partition coefficient (Wildman–Crippen LogP) is 2.70. The SMILES string of the molecule is CC(C)(C(N)c1cc(Br)ccc1F)N1CCOCC1. The Morgan fingerprint density at radius 3 is 2.63 bits per heavy atom. The first-order valence-corrected chi connectivity index (χ1v) is 7.25. The first-order valence-electron chi connectivity index (χ1n) is 6.46. The molecule has 19 heavy (non-hydrogen) atoms. The Balaban J connectivity index is 2.25. The Bertz CT molecular complexity index is 447. The maximum atomic E-state index is 14.0. The van der Waals surface area contributed by atoms with Crippen LogP contribution in [0.2, 0.25) is 0 Å². The minimum atomic E-state index is -0.386. The Morgan fingerprint density at radius 2 is 2.00 bits per heavy atom. The smallest absolute Gasteiger partial charge is 0.128 e. The van der Waals surface area contributed by atoms with Crippen molar-refractivity contribution in [3.8, 4) is 0 Å². The Labute approximate surface area is 122 Å². The van der Waals surface area contributed by atoms with Crippen LogP contribution >= 0.6 is 15.9 Å². The van der Waals surface area contributed by atoms with Crippen LogP contribution in [0, 0.1) is 5.82 Å². The third-order valence-corrected chi connectivity index (χ3v) is 4.37. The third kappa shape index (κ3) is 3.16. The molecule has 0 amide bonds. The molecular formula is C14H20BrFN2O. The lowest BCUT2D eigenvalue weighted by molar-refractivity contribution is -0.0194. The van der Waals surface area contributed by atoms with Gasteiger partial charge in [-0.05, 0) is 32.0 Å². The summed E-state index contributed by atoms with van der Waals surface area (Å²) in [6, 6.07) is 4.52. The zero-order valence-corrected chi connectivity index (χ0v) is 12.9. The monoisotopic (exact) mass is 330 g/mol. The second kappa shape index (κ2) is 5.87. The highest BCUT2D eigenvalue weighted by atomic mass is 79.9. The van der Waals surface area contributed by atoms with Crippen LogP contribution in [0.25, 0.3) is 0 Å². The van der Waals surface area contributed by atoms with Crippen molar-refractivity contribution in [2.24, 2.45) is 5.73 Å². The van der Waals surface area contributed by atoms with E-state index < -0.39 is 0 Å². The molecule has 0 bridgehead atoms. The molecule has 3 nitrogen and oxygen atoms in total. The fourth-order valence-electron chi connectivity index (χ4n) is 2.47. The van der Waals surface area contributed by atoms with Crippen molar-refractivity contribution in [3.05, 3.63) is 34.1 Å². The molecule has 0 aromatic heterocycles. The maximum absolute atomic E-state index is 14.0. The molecule has 1 aliphatic heterocycles. The van der Waals surface area contributed by atoms with E-state index in [4.69, 9.17) is 10.5 Å². The molecule has 0 saturated carbocycles. The first kappa shape index (κ1) is 14.9. The number of morpholine rings is 1. The summed E-state index contributed by atoms with van der Waals surface area (Å²) in [5.41, 5.74) is 6.56. The van der Waals surface area contributed by atoms with Crippen molar-refractivity contribution in [1.29, 1.82) is 0 Å². The van der Waals surface area contributed by atoms with Gasteiger partial charge in [0.05, 0.1) is 19.3 Å². The van der Waals surface area contributed by atoms with Gasteiger partial charge in [-0.2, -0.15) is 0 Å². The Morgan fingerprint density at radius 1 is 1.37 bits per heavy atom. The predicted molar refractivity (Wildman–Crippen MR) is 77.5 cm³/mol. The average Bonchev–Trinajstić information content (AvgIpc) is 2.41. The van der Waals surface area contributed by atoms with Crippen LogP contribution in [0.15, 0.2) is 22.7 Å². The molecule has 1 fully saturated rings. The largest absolute Gasteiger partial charge is 0.379 e. The van der Waals surface area contributed by atoms with Gasteiger partial charge in [-0.25, -0.2) is 4.39 Å². The number of hydrogen-bond acceptors (Lipinski definition) is 3. The van der Waals surface area contributed by atoms with E-state index in [0.717, 1.165) is 17.6 Å². The quantitative estimate of drug-likeness (QED) is 0.926. The Hall–Kier alpha value is -0.490. The number of halogens is 2. The summed E-state index contributed by atoms with van der Waals surface area (Å²) in [7, 11) is 0. The van der Waals surface area contributed by atoms with Crippen LogP contribution in [-0.4, -0.2) is 36.7 Å². The number of rotatable bonds is 3. The van der Waals surface area contributed by atoms with Crippen LogP contribution in [0.3, 0.4) is 0 Å². The van der Waals surface area contributed by atoms with Crippen molar-refractivity contribution in [2.75, 3.05) is 26.3 Å². The molecule has 1 aromatic carbocycles. The van der Waals surface area contributed by atoms with Gasteiger partial charge in [0.15, 0.2) is 0 Å². The zero-order chi connectivity index (χ0) is 14.0. The lowest BCUT2D eigenvalue weighted by Crippen LogP contribution is -2.55. The van der Waals surface area contributed by atoms with Gasteiger partial charge in [0.25, 0.3) is 0 Å². The number of ether oxygens (including phenoxy) is 1. The summed E-state index contributed by atoms with van der Waals surface area (Å²) in [6.07, 6.45) is 0. The van der Waals surface area contributed by atoms with Gasteiger partial charge in [0.2, 0.25) is 0 Å². The highest BCUT2D eigenvalue weighted by molar-refractivity contribution is 9.10. The van der Waals surface area contributed by atoms with Gasteiger partial charge in [0, 0.05) is 28.7 Å². The van der Waals surface area contributed by atoms with Crippen LogP contribution in [-0.2, 0) is 4.74 Å². The van der Waals surface area contributed by atoms with Gasteiger partial charge in [0.1, 0.15) is 5.82 Å². The van der Waals surface area contributed by atoms with Crippen molar-refractivity contribution in [2.45, 2.75) is 25.4 Å². The number of hydrogen-bond donors (Lipinski definition) is 1. The first-order chi connectivity index (χ1) is 8.93. The van der Waals surface area contributed by atoms with E-state index >= 15 is 0 Å². The minimum absolute atomic E-state index is 0.253. The minimum Gasteiger partial charge on any atom is -0.379 e. The zero-order valence-electron chi connectivity index (χ0n) is 11.3. The van der Waals surface area contributed by atoms with Gasteiger partial charge in [-0.15, -0.1) is 0 Å². The second-order valence-corrected chi connectivity index (χ2v) is 6.31. The van der Waals surface area contributed by atoms with E-state index in [1.165, 1.54) is 6.07 Å². The van der Waals surface area contributed by atoms with Crippen molar-refractivity contribution >= 4 is 15.9 Å². The normalized spacial score (nSPS) is 19.4. The highest BCUT2D eigenvalue weighted by Gasteiger charge is 2.36. The van der Waals surface area contributed by atoms with E-state index in [1.54, 1.807) is 12.1 Å². The molecular weight excluding hydrogens is 311 g/mol. The van der Waals surface area contributed by atoms with Crippen LogP contribution < -0.4 is 5.73 Å². The van der Waals surface area contributed by atoms with Crippen molar-refractivity contribution in [3.63, 3.8) is 0 Å². The summed E-state index contributed by atoms with van der Waals surface area (Å²) in [5.74, 6) is -0.253. The summed E-state index contributed by atoms with van der Waals surface area (Å²) in [4.78, 5) is 2.27. The lowest BCUT2D eigenvalue weighted by Gasteiger charge is -2.44. The highest BCUT2D eigenvalue weighted by Crippen LogP contribution is 2.32. The van der Waals surface area contributed by atoms with E-state index in [2.05, 4.69) is 34.7 Å². The molecule has 1 heterocycles. The molecule has 1 saturated heterocycles. The third-order valence-electron chi connectivity index (χ3n) is 3.88. The Kier molecular flexibility index (Phi) is 4.61. The molecule has 0 aliphatic carbocycles. The molecule has 106 valence electrons. The summed E-state index contributed by atoms with van der Waals surface area (Å²) < 4.78 is 20.2. The molecule has 1 unspecified atom stereocenters. The number of nitrogens with zero attached hydrogens (tertiary/aromatic N) is 1. The van der Waals surface area contributed by atoms with Crippen molar-refractivity contribution < 1.29 is 9.13 Å². The van der Waals surface area contributed by atoms with E-state index in [-0.39, 0.29) is 17.4 Å². The van der Waals surface area contributed by atoms with E-state index in [1.807, 2.05) is 0 Å². The molecule has 1 aromatic rings. The van der Waals surface area contributed by atoms with E-state index in [0.29, 0.717) is 18.8 Å². The number of benzene rings is 1. The summed E-state index contributed by atoms with van der Waals surface area (Å²) >= 11 is 3.37. The molecule has 2 rings (SSSR count). The molecule has 0 spiro atoms.